The van der Waals surface area contributed by atoms with Crippen LogP contribution in [0, 0.1) is 6.92 Å². The van der Waals surface area contributed by atoms with E-state index in [9.17, 15) is 5.11 Å². The molecule has 0 bridgehead atoms. The van der Waals surface area contributed by atoms with Crippen LogP contribution < -0.4 is 4.74 Å². The van der Waals surface area contributed by atoms with Crippen molar-refractivity contribution in [2.45, 2.75) is 38.8 Å². The quantitative estimate of drug-likeness (QED) is 0.234. The second-order valence-electron chi connectivity index (χ2n) is 10.7. The summed E-state index contributed by atoms with van der Waals surface area (Å²) in [7, 11) is 1.57. The smallest absolute Gasteiger partial charge is 0.216 e. The third-order valence-electron chi connectivity index (χ3n) is 7.27. The molecular weight excluding hydrogens is 565 g/mol. The van der Waals surface area contributed by atoms with Crippen LogP contribution in [0.1, 0.15) is 37.0 Å². The number of methoxy groups -OCH3 is 1. The van der Waals surface area contributed by atoms with Crippen LogP contribution in [0.25, 0.3) is 33.6 Å². The van der Waals surface area contributed by atoms with E-state index in [2.05, 4.69) is 27.9 Å². The Bertz CT molecular complexity index is 1570. The number of aliphatic hydroxyl groups is 1. The molecule has 1 aliphatic heterocycles. The number of hydrogen-bond acceptors (Lipinski definition) is 5. The Morgan fingerprint density at radius 1 is 1.02 bits per heavy atom. The van der Waals surface area contributed by atoms with Crippen molar-refractivity contribution < 1.29 is 9.84 Å². The Labute approximate surface area is 250 Å². The van der Waals surface area contributed by atoms with Gasteiger partial charge in [0.2, 0.25) is 5.88 Å². The van der Waals surface area contributed by atoms with Gasteiger partial charge in [-0.2, -0.15) is 0 Å². The Morgan fingerprint density at radius 3 is 2.52 bits per heavy atom. The van der Waals surface area contributed by atoms with Crippen molar-refractivity contribution in [1.29, 1.82) is 0 Å². The molecule has 0 unspecified atom stereocenters. The lowest BCUT2D eigenvalue weighted by atomic mass is 9.94. The maximum atomic E-state index is 10.1. The zero-order valence-electron chi connectivity index (χ0n) is 22.8. The van der Waals surface area contributed by atoms with Gasteiger partial charge in [-0.1, -0.05) is 59.1 Å². The van der Waals surface area contributed by atoms with Crippen LogP contribution in [-0.4, -0.2) is 45.8 Å². The van der Waals surface area contributed by atoms with Gasteiger partial charge in [-0.05, 0) is 69.0 Å². The molecule has 0 saturated carbocycles. The minimum atomic E-state index is -0.690. The molecule has 8 heteroatoms. The topological polar surface area (TPSA) is 58.5 Å². The molecule has 0 atom stereocenters. The predicted octanol–water partition coefficient (Wildman–Crippen LogP) is 8.15. The van der Waals surface area contributed by atoms with Crippen LogP contribution in [0.5, 0.6) is 5.88 Å². The molecule has 2 aromatic carbocycles. The van der Waals surface area contributed by atoms with Crippen molar-refractivity contribution in [3.8, 4) is 39.5 Å². The summed E-state index contributed by atoms with van der Waals surface area (Å²) in [6, 6.07) is 15.5. The standard InChI is InChI=1S/C32H31Cl3N3O2/c1-19-8-9-27(37-31(19)40-4)24-7-5-6-22(28(24)34)23-10-13-36-30(29(23)35)21-16-20-11-14-38(15-12-32(2,3)39)18-25(20)26(33)17-21/h5-10,13,16-17,39H,1,11-12,14-15,18H2,2-4H3. The molecular formula is C32H31Cl3N3O2. The highest BCUT2D eigenvalue weighted by molar-refractivity contribution is 6.39. The molecule has 0 saturated heterocycles. The maximum absolute atomic E-state index is 10.1. The van der Waals surface area contributed by atoms with Crippen molar-refractivity contribution >= 4 is 34.8 Å². The summed E-state index contributed by atoms with van der Waals surface area (Å²) >= 11 is 20.8. The minimum Gasteiger partial charge on any atom is -0.481 e. The summed E-state index contributed by atoms with van der Waals surface area (Å²) in [6.07, 6.45) is 3.31. The molecule has 207 valence electrons. The van der Waals surface area contributed by atoms with E-state index in [1.165, 1.54) is 5.56 Å². The van der Waals surface area contributed by atoms with Gasteiger partial charge in [0.25, 0.3) is 0 Å². The van der Waals surface area contributed by atoms with Crippen LogP contribution in [0.15, 0.2) is 54.7 Å². The van der Waals surface area contributed by atoms with Gasteiger partial charge >= 0.3 is 0 Å². The summed E-state index contributed by atoms with van der Waals surface area (Å²) in [5, 5.41) is 11.8. The first-order chi connectivity index (χ1) is 19.1. The molecule has 0 fully saturated rings. The van der Waals surface area contributed by atoms with Crippen LogP contribution >= 0.6 is 34.8 Å². The van der Waals surface area contributed by atoms with E-state index < -0.39 is 5.60 Å². The molecule has 5 nitrogen and oxygen atoms in total. The van der Waals surface area contributed by atoms with Crippen LogP contribution in [0.2, 0.25) is 15.1 Å². The van der Waals surface area contributed by atoms with Crippen molar-refractivity contribution in [2.24, 2.45) is 0 Å². The Kier molecular flexibility index (Phi) is 8.42. The molecule has 0 aliphatic carbocycles. The Morgan fingerprint density at radius 2 is 1.77 bits per heavy atom. The summed E-state index contributed by atoms with van der Waals surface area (Å²) in [4.78, 5) is 11.5. The highest BCUT2D eigenvalue weighted by atomic mass is 35.5. The lowest BCUT2D eigenvalue weighted by molar-refractivity contribution is 0.0558. The number of fused-ring (bicyclic) bond motifs is 1. The summed E-state index contributed by atoms with van der Waals surface area (Å²) < 4.78 is 5.36. The zero-order chi connectivity index (χ0) is 28.6. The van der Waals surface area contributed by atoms with E-state index in [0.29, 0.717) is 44.3 Å². The third kappa shape index (κ3) is 6.00. The fourth-order valence-corrected chi connectivity index (χ4v) is 5.97. The Balaban J connectivity index is 1.49. The van der Waals surface area contributed by atoms with Gasteiger partial charge in [0.1, 0.15) is 0 Å². The molecule has 1 radical (unpaired) electrons. The van der Waals surface area contributed by atoms with Gasteiger partial charge in [-0.3, -0.25) is 9.88 Å². The number of hydrogen-bond donors (Lipinski definition) is 1. The molecule has 40 heavy (non-hydrogen) atoms. The van der Waals surface area contributed by atoms with Crippen molar-refractivity contribution in [3.63, 3.8) is 0 Å². The maximum Gasteiger partial charge on any atom is 0.216 e. The van der Waals surface area contributed by atoms with Crippen LogP contribution in [0.3, 0.4) is 0 Å². The van der Waals surface area contributed by atoms with E-state index in [1.807, 2.05) is 56.3 Å². The Hall–Kier alpha value is -2.67. The average Bonchev–Trinajstić information content (AvgIpc) is 2.92. The predicted molar refractivity (Wildman–Crippen MR) is 164 cm³/mol. The molecule has 1 aliphatic rings. The largest absolute Gasteiger partial charge is 0.481 e. The van der Waals surface area contributed by atoms with Crippen molar-refractivity contribution in [1.82, 2.24) is 14.9 Å². The zero-order valence-corrected chi connectivity index (χ0v) is 25.0. The number of halogens is 3. The number of pyridine rings is 2. The number of rotatable bonds is 7. The second-order valence-corrected chi connectivity index (χ2v) is 11.9. The minimum absolute atomic E-state index is 0.452. The van der Waals surface area contributed by atoms with E-state index in [1.54, 1.807) is 13.3 Å². The van der Waals surface area contributed by atoms with Crippen molar-refractivity contribution in [3.05, 3.63) is 93.4 Å². The molecule has 3 heterocycles. The first-order valence-electron chi connectivity index (χ1n) is 13.1. The SMILES string of the molecule is [CH2]c1ccc(-c2cccc(-c3ccnc(-c4cc(Cl)c5c(c4)CCN(CCC(C)(C)O)C5)c3Cl)c2Cl)nc1OC. The monoisotopic (exact) mass is 594 g/mol. The number of benzene rings is 2. The molecule has 4 aromatic rings. The van der Waals surface area contributed by atoms with Gasteiger partial charge in [-0.25, -0.2) is 4.98 Å². The second kappa shape index (κ2) is 11.7. The molecule has 2 aromatic heterocycles. The summed E-state index contributed by atoms with van der Waals surface area (Å²) in [6.45, 7) is 10.1. The summed E-state index contributed by atoms with van der Waals surface area (Å²) in [5.41, 5.74) is 6.82. The molecule has 5 rings (SSSR count). The number of nitrogens with zero attached hydrogens (tertiary/aromatic N) is 3. The van der Waals surface area contributed by atoms with E-state index in [4.69, 9.17) is 39.5 Å². The van der Waals surface area contributed by atoms with Gasteiger partial charge in [0, 0.05) is 58.7 Å². The van der Waals surface area contributed by atoms with Gasteiger partial charge in [0.05, 0.1) is 34.1 Å². The lowest BCUT2D eigenvalue weighted by Gasteiger charge is -2.31. The first kappa shape index (κ1) is 28.8. The highest BCUT2D eigenvalue weighted by Crippen LogP contribution is 2.42. The number of aromatic nitrogens is 2. The van der Waals surface area contributed by atoms with Gasteiger partial charge in [-0.15, -0.1) is 0 Å². The normalized spacial score (nSPS) is 13.8. The van der Waals surface area contributed by atoms with Crippen LogP contribution in [0.4, 0.5) is 0 Å². The van der Waals surface area contributed by atoms with Crippen LogP contribution in [-0.2, 0) is 13.0 Å². The van der Waals surface area contributed by atoms with Gasteiger partial charge in [0.15, 0.2) is 0 Å². The van der Waals surface area contributed by atoms with E-state index >= 15 is 0 Å². The molecule has 0 spiro atoms. The fraction of sp³-hybridized carbons (Fsp3) is 0.281. The highest BCUT2D eigenvalue weighted by Gasteiger charge is 2.24. The lowest BCUT2D eigenvalue weighted by Crippen LogP contribution is -2.35. The fourth-order valence-electron chi connectivity index (χ4n) is 5.02. The number of ether oxygens (including phenoxy) is 1. The van der Waals surface area contributed by atoms with E-state index in [-0.39, 0.29) is 0 Å². The summed E-state index contributed by atoms with van der Waals surface area (Å²) in [5.74, 6) is 0.452. The molecule has 1 N–H and O–H groups in total. The van der Waals surface area contributed by atoms with Gasteiger partial charge < -0.3 is 9.84 Å². The third-order valence-corrected chi connectivity index (χ3v) is 8.39. The average molecular weight is 596 g/mol. The van der Waals surface area contributed by atoms with Crippen molar-refractivity contribution in [2.75, 3.05) is 20.2 Å². The first-order valence-corrected chi connectivity index (χ1v) is 14.3. The molecule has 0 amide bonds. The van der Waals surface area contributed by atoms with E-state index in [0.717, 1.165) is 53.9 Å².